The molecule has 0 radical (unpaired) electrons. The fraction of sp³-hybridized carbons (Fsp3) is 0. The van der Waals surface area contributed by atoms with Gasteiger partial charge in [-0.1, -0.05) is 60.1 Å². The van der Waals surface area contributed by atoms with Crippen molar-refractivity contribution in [2.45, 2.75) is 0 Å². The van der Waals surface area contributed by atoms with Crippen molar-refractivity contribution in [3.8, 4) is 0 Å². The molecule has 0 saturated carbocycles. The zero-order chi connectivity index (χ0) is 12.8. The molecule has 2 nitrogen and oxygen atoms in total. The SMILES string of the molecule is O=C(OC(=CCl)c1ccccc1)c1ccccc1. The summed E-state index contributed by atoms with van der Waals surface area (Å²) in [7, 11) is 0. The zero-order valence-corrected chi connectivity index (χ0v) is 10.3. The minimum atomic E-state index is -0.425. The molecule has 0 N–H and O–H groups in total. The Morgan fingerprint density at radius 1 is 0.889 bits per heavy atom. The molecule has 0 aliphatic rings. The maximum atomic E-state index is 11.9. The highest BCUT2D eigenvalue weighted by atomic mass is 35.5. The molecule has 2 rings (SSSR count). The first-order valence-corrected chi connectivity index (χ1v) is 5.88. The van der Waals surface area contributed by atoms with Gasteiger partial charge in [-0.2, -0.15) is 0 Å². The lowest BCUT2D eigenvalue weighted by molar-refractivity contribution is 0.0692. The second-order valence-corrected chi connectivity index (χ2v) is 3.81. The highest BCUT2D eigenvalue weighted by molar-refractivity contribution is 6.28. The lowest BCUT2D eigenvalue weighted by atomic mass is 10.2. The molecule has 2 aromatic carbocycles. The Bertz CT molecular complexity index is 547. The highest BCUT2D eigenvalue weighted by Crippen LogP contribution is 2.18. The van der Waals surface area contributed by atoms with Crippen LogP contribution in [-0.2, 0) is 4.74 Å². The van der Waals surface area contributed by atoms with Crippen LogP contribution in [0.15, 0.2) is 66.2 Å². The first kappa shape index (κ1) is 12.4. The van der Waals surface area contributed by atoms with Crippen LogP contribution in [0.5, 0.6) is 0 Å². The summed E-state index contributed by atoms with van der Waals surface area (Å²) in [5.41, 5.74) is 2.51. The number of ether oxygens (including phenoxy) is 1. The molecule has 0 aromatic heterocycles. The van der Waals surface area contributed by atoms with E-state index in [9.17, 15) is 4.79 Å². The Hall–Kier alpha value is -2.06. The third kappa shape index (κ3) is 2.99. The number of benzene rings is 2. The van der Waals surface area contributed by atoms with Crippen LogP contribution in [0.25, 0.3) is 5.76 Å². The maximum absolute atomic E-state index is 11.9. The molecule has 90 valence electrons. The van der Waals surface area contributed by atoms with Gasteiger partial charge in [0.2, 0.25) is 0 Å². The van der Waals surface area contributed by atoms with Crippen LogP contribution in [0.1, 0.15) is 15.9 Å². The number of carbonyl (C=O) groups excluding carboxylic acids is 1. The van der Waals surface area contributed by atoms with Gasteiger partial charge in [0.05, 0.1) is 5.56 Å². The fourth-order valence-electron chi connectivity index (χ4n) is 1.48. The summed E-state index contributed by atoms with van der Waals surface area (Å²) in [6, 6.07) is 18.0. The van der Waals surface area contributed by atoms with E-state index >= 15 is 0 Å². The molecule has 0 amide bonds. The van der Waals surface area contributed by atoms with Gasteiger partial charge in [0.15, 0.2) is 0 Å². The number of hydrogen-bond donors (Lipinski definition) is 0. The number of esters is 1. The van der Waals surface area contributed by atoms with Gasteiger partial charge in [0.1, 0.15) is 5.76 Å². The van der Waals surface area contributed by atoms with E-state index in [4.69, 9.17) is 16.3 Å². The predicted octanol–water partition coefficient (Wildman–Crippen LogP) is 4.08. The van der Waals surface area contributed by atoms with E-state index in [0.29, 0.717) is 11.3 Å². The van der Waals surface area contributed by atoms with Gasteiger partial charge in [-0.3, -0.25) is 0 Å². The summed E-state index contributed by atoms with van der Waals surface area (Å²) in [4.78, 5) is 11.9. The van der Waals surface area contributed by atoms with Gasteiger partial charge in [0.25, 0.3) is 0 Å². The molecule has 2 aromatic rings. The van der Waals surface area contributed by atoms with E-state index in [1.165, 1.54) is 5.54 Å². The number of carbonyl (C=O) groups is 1. The fourth-order valence-corrected chi connectivity index (χ4v) is 1.65. The Balaban J connectivity index is 2.16. The molecule has 3 heteroatoms. The van der Waals surface area contributed by atoms with Gasteiger partial charge < -0.3 is 4.74 Å². The molecular formula is C15H11ClO2. The van der Waals surface area contributed by atoms with Crippen LogP contribution in [-0.4, -0.2) is 5.97 Å². The van der Waals surface area contributed by atoms with Crippen molar-refractivity contribution in [3.05, 3.63) is 77.3 Å². The predicted molar refractivity (Wildman–Crippen MR) is 72.1 cm³/mol. The number of rotatable bonds is 3. The lowest BCUT2D eigenvalue weighted by Crippen LogP contribution is -2.04. The zero-order valence-electron chi connectivity index (χ0n) is 9.55. The van der Waals surface area contributed by atoms with Gasteiger partial charge in [-0.05, 0) is 12.1 Å². The molecular weight excluding hydrogens is 248 g/mol. The minimum Gasteiger partial charge on any atom is -0.421 e. The van der Waals surface area contributed by atoms with E-state index in [-0.39, 0.29) is 0 Å². The Morgan fingerprint density at radius 3 is 1.89 bits per heavy atom. The van der Waals surface area contributed by atoms with Crippen LogP contribution in [0.4, 0.5) is 0 Å². The van der Waals surface area contributed by atoms with Crippen LogP contribution in [0.3, 0.4) is 0 Å². The van der Waals surface area contributed by atoms with Crippen molar-refractivity contribution >= 4 is 23.3 Å². The van der Waals surface area contributed by atoms with Crippen LogP contribution in [0.2, 0.25) is 0 Å². The molecule has 0 bridgehead atoms. The molecule has 0 atom stereocenters. The second kappa shape index (κ2) is 6.03. The second-order valence-electron chi connectivity index (χ2n) is 3.59. The van der Waals surface area contributed by atoms with Gasteiger partial charge in [-0.15, -0.1) is 0 Å². The Labute approximate surface area is 110 Å². The van der Waals surface area contributed by atoms with Crippen LogP contribution < -0.4 is 0 Å². The molecule has 0 aliphatic heterocycles. The largest absolute Gasteiger partial charge is 0.421 e. The third-order valence-electron chi connectivity index (χ3n) is 2.37. The lowest BCUT2D eigenvalue weighted by Gasteiger charge is -2.07. The van der Waals surface area contributed by atoms with E-state index in [0.717, 1.165) is 5.56 Å². The van der Waals surface area contributed by atoms with Crippen LogP contribution in [0, 0.1) is 0 Å². The summed E-state index contributed by atoms with van der Waals surface area (Å²) in [5, 5.41) is 0. The van der Waals surface area contributed by atoms with Crippen molar-refractivity contribution in [3.63, 3.8) is 0 Å². The maximum Gasteiger partial charge on any atom is 0.343 e. The Kier molecular flexibility index (Phi) is 4.15. The summed E-state index contributed by atoms with van der Waals surface area (Å²) >= 11 is 5.69. The molecule has 0 spiro atoms. The standard InChI is InChI=1S/C15H11ClO2/c16-11-14(12-7-3-1-4-8-12)18-15(17)13-9-5-2-6-10-13/h1-11H. The van der Waals surface area contributed by atoms with Crippen molar-refractivity contribution in [2.24, 2.45) is 0 Å². The van der Waals surface area contributed by atoms with Crippen molar-refractivity contribution in [2.75, 3.05) is 0 Å². The monoisotopic (exact) mass is 258 g/mol. The van der Waals surface area contributed by atoms with Gasteiger partial charge in [0, 0.05) is 11.1 Å². The van der Waals surface area contributed by atoms with Crippen molar-refractivity contribution in [1.82, 2.24) is 0 Å². The van der Waals surface area contributed by atoms with E-state index in [2.05, 4.69) is 0 Å². The van der Waals surface area contributed by atoms with E-state index in [1.54, 1.807) is 24.3 Å². The molecule has 0 unspecified atom stereocenters. The van der Waals surface area contributed by atoms with E-state index < -0.39 is 5.97 Å². The first-order valence-electron chi connectivity index (χ1n) is 5.44. The topological polar surface area (TPSA) is 26.3 Å². The normalized spacial score (nSPS) is 11.1. The number of halogens is 1. The number of hydrogen-bond acceptors (Lipinski definition) is 2. The molecule has 0 fully saturated rings. The van der Waals surface area contributed by atoms with E-state index in [1.807, 2.05) is 36.4 Å². The average molecular weight is 259 g/mol. The summed E-state index contributed by atoms with van der Waals surface area (Å²) in [6.45, 7) is 0. The summed E-state index contributed by atoms with van der Waals surface area (Å²) < 4.78 is 5.26. The Morgan fingerprint density at radius 2 is 1.39 bits per heavy atom. The van der Waals surface area contributed by atoms with Crippen LogP contribution >= 0.6 is 11.6 Å². The molecule has 0 aliphatic carbocycles. The minimum absolute atomic E-state index is 0.339. The van der Waals surface area contributed by atoms with Gasteiger partial charge >= 0.3 is 5.97 Å². The van der Waals surface area contributed by atoms with Gasteiger partial charge in [-0.25, -0.2) is 4.79 Å². The quantitative estimate of drug-likeness (QED) is 0.612. The highest BCUT2D eigenvalue weighted by Gasteiger charge is 2.10. The first-order chi connectivity index (χ1) is 8.81. The molecule has 0 heterocycles. The smallest absolute Gasteiger partial charge is 0.343 e. The van der Waals surface area contributed by atoms with Crippen molar-refractivity contribution < 1.29 is 9.53 Å². The molecule has 0 saturated heterocycles. The molecule has 18 heavy (non-hydrogen) atoms. The summed E-state index contributed by atoms with van der Waals surface area (Å²) in [6.07, 6.45) is 0. The summed E-state index contributed by atoms with van der Waals surface area (Å²) in [5.74, 6) is -0.0857. The third-order valence-corrected chi connectivity index (χ3v) is 2.57. The average Bonchev–Trinajstić information content (AvgIpc) is 2.46. The van der Waals surface area contributed by atoms with Crippen molar-refractivity contribution in [1.29, 1.82) is 0 Å².